The van der Waals surface area contributed by atoms with Gasteiger partial charge < -0.3 is 20.4 Å². The summed E-state index contributed by atoms with van der Waals surface area (Å²) in [6.07, 6.45) is 1.76. The second kappa shape index (κ2) is 6.07. The maximum absolute atomic E-state index is 11.8. The third-order valence-corrected chi connectivity index (χ3v) is 4.27. The average molecular weight is 350 g/mol. The number of fused-ring (bicyclic) bond motifs is 1. The van der Waals surface area contributed by atoms with Crippen LogP contribution in [0.15, 0.2) is 52.4 Å². The van der Waals surface area contributed by atoms with Crippen LogP contribution in [0.25, 0.3) is 17.1 Å². The molecule has 1 aromatic carbocycles. The molecule has 0 amide bonds. The van der Waals surface area contributed by atoms with Crippen LogP contribution in [-0.2, 0) is 7.05 Å². The number of pyridine rings is 1. The monoisotopic (exact) mass is 350 g/mol. The van der Waals surface area contributed by atoms with Crippen LogP contribution in [0.4, 0.5) is 5.82 Å². The summed E-state index contributed by atoms with van der Waals surface area (Å²) in [7, 11) is 3.33. The van der Waals surface area contributed by atoms with Gasteiger partial charge in [-0.3, -0.25) is 9.36 Å². The van der Waals surface area contributed by atoms with Crippen LogP contribution in [0.5, 0.6) is 5.75 Å². The van der Waals surface area contributed by atoms with E-state index in [0.717, 1.165) is 22.8 Å². The molecule has 8 nitrogen and oxygen atoms in total. The summed E-state index contributed by atoms with van der Waals surface area (Å²) in [4.78, 5) is 20.7. The first-order chi connectivity index (χ1) is 12.6. The van der Waals surface area contributed by atoms with E-state index in [2.05, 4.69) is 10.3 Å². The molecular formula is C18H18N6O2. The SMILES string of the molecule is COc1cccc(-c2nc3c(n2-c2ccc(=O)n(C)c2)NCN=C3N)c1. The molecule has 0 saturated heterocycles. The molecule has 0 aliphatic carbocycles. The van der Waals surface area contributed by atoms with Crippen molar-refractivity contribution in [2.24, 2.45) is 17.8 Å². The first-order valence-corrected chi connectivity index (χ1v) is 8.07. The third kappa shape index (κ3) is 2.52. The summed E-state index contributed by atoms with van der Waals surface area (Å²) in [5.41, 5.74) is 8.21. The number of rotatable bonds is 3. The molecule has 0 unspecified atom stereocenters. The molecule has 1 aliphatic heterocycles. The molecule has 1 aliphatic rings. The fraction of sp³-hybridized carbons (Fsp3) is 0.167. The minimum atomic E-state index is -0.0836. The Balaban J connectivity index is 2.00. The predicted octanol–water partition coefficient (Wildman–Crippen LogP) is 1.33. The van der Waals surface area contributed by atoms with Gasteiger partial charge in [-0.25, -0.2) is 9.98 Å². The topological polar surface area (TPSA) is 99.5 Å². The largest absolute Gasteiger partial charge is 0.497 e. The predicted molar refractivity (Wildman–Crippen MR) is 100 cm³/mol. The molecule has 132 valence electrons. The lowest BCUT2D eigenvalue weighted by atomic mass is 10.2. The number of benzene rings is 1. The molecule has 0 saturated carbocycles. The normalized spacial score (nSPS) is 12.9. The first kappa shape index (κ1) is 15.9. The van der Waals surface area contributed by atoms with Crippen molar-refractivity contribution in [3.05, 3.63) is 58.6 Å². The number of hydrogen-bond donors (Lipinski definition) is 2. The fourth-order valence-corrected chi connectivity index (χ4v) is 2.96. The van der Waals surface area contributed by atoms with Crippen molar-refractivity contribution < 1.29 is 4.74 Å². The average Bonchev–Trinajstić information content (AvgIpc) is 3.05. The van der Waals surface area contributed by atoms with Crippen LogP contribution >= 0.6 is 0 Å². The molecule has 3 aromatic rings. The molecule has 26 heavy (non-hydrogen) atoms. The van der Waals surface area contributed by atoms with Crippen LogP contribution in [0.1, 0.15) is 5.69 Å². The van der Waals surface area contributed by atoms with Crippen molar-refractivity contribution >= 4 is 11.7 Å². The van der Waals surface area contributed by atoms with Gasteiger partial charge in [0.05, 0.1) is 12.8 Å². The summed E-state index contributed by atoms with van der Waals surface area (Å²) in [6, 6.07) is 10.9. The lowest BCUT2D eigenvalue weighted by Gasteiger charge is -2.16. The number of anilines is 1. The molecule has 0 fully saturated rings. The van der Waals surface area contributed by atoms with E-state index in [1.165, 1.54) is 10.6 Å². The van der Waals surface area contributed by atoms with Crippen LogP contribution in [-0.4, -0.2) is 33.7 Å². The van der Waals surface area contributed by atoms with Crippen molar-refractivity contribution in [1.82, 2.24) is 14.1 Å². The molecule has 0 radical (unpaired) electrons. The van der Waals surface area contributed by atoms with E-state index in [0.29, 0.717) is 24.0 Å². The van der Waals surface area contributed by atoms with Crippen molar-refractivity contribution in [3.63, 3.8) is 0 Å². The molecule has 0 atom stereocenters. The zero-order chi connectivity index (χ0) is 18.3. The molecular weight excluding hydrogens is 332 g/mol. The molecule has 0 spiro atoms. The molecule has 8 heteroatoms. The summed E-state index contributed by atoms with van der Waals surface area (Å²) in [6.45, 7) is 0.369. The quantitative estimate of drug-likeness (QED) is 0.742. The van der Waals surface area contributed by atoms with Crippen molar-refractivity contribution in [1.29, 1.82) is 0 Å². The zero-order valence-electron chi connectivity index (χ0n) is 14.4. The minimum absolute atomic E-state index is 0.0836. The van der Waals surface area contributed by atoms with E-state index in [4.69, 9.17) is 15.5 Å². The Bertz CT molecular complexity index is 1080. The Hall–Kier alpha value is -3.55. The number of imidazole rings is 1. The first-order valence-electron chi connectivity index (χ1n) is 8.07. The molecule has 3 N–H and O–H groups in total. The number of nitrogens with one attached hydrogen (secondary N) is 1. The standard InChI is InChI=1S/C18H18N6O2/c1-23-9-12(6-7-14(23)25)24-17(11-4-3-5-13(8-11)26-2)22-15-16(19)20-10-21-18(15)24/h3-9,21H,10H2,1-2H3,(H2,19,20). The number of nitrogens with two attached hydrogens (primary N) is 1. The van der Waals surface area contributed by atoms with Gasteiger partial charge in [-0.2, -0.15) is 0 Å². The third-order valence-electron chi connectivity index (χ3n) is 4.27. The van der Waals surface area contributed by atoms with E-state index in [9.17, 15) is 4.79 Å². The molecule has 0 bridgehead atoms. The number of hydrogen-bond acceptors (Lipinski definition) is 6. The minimum Gasteiger partial charge on any atom is -0.497 e. The Morgan fingerprint density at radius 3 is 2.88 bits per heavy atom. The smallest absolute Gasteiger partial charge is 0.250 e. The van der Waals surface area contributed by atoms with Gasteiger partial charge in [0.25, 0.3) is 0 Å². The lowest BCUT2D eigenvalue weighted by molar-refractivity contribution is 0.415. The van der Waals surface area contributed by atoms with Gasteiger partial charge in [-0.15, -0.1) is 0 Å². The van der Waals surface area contributed by atoms with Gasteiger partial charge in [0.1, 0.15) is 35.6 Å². The second-order valence-corrected chi connectivity index (χ2v) is 5.91. The number of aryl methyl sites for hydroxylation is 1. The summed E-state index contributed by atoms with van der Waals surface area (Å²) >= 11 is 0. The number of amidine groups is 1. The fourth-order valence-electron chi connectivity index (χ4n) is 2.96. The van der Waals surface area contributed by atoms with E-state index < -0.39 is 0 Å². The Morgan fingerprint density at radius 2 is 2.12 bits per heavy atom. The molecule has 3 heterocycles. The number of aliphatic imine (C=N–C) groups is 1. The lowest BCUT2D eigenvalue weighted by Crippen LogP contribution is -2.23. The zero-order valence-corrected chi connectivity index (χ0v) is 14.4. The maximum atomic E-state index is 11.8. The van der Waals surface area contributed by atoms with Gasteiger partial charge in [-0.05, 0) is 18.2 Å². The summed E-state index contributed by atoms with van der Waals surface area (Å²) in [5.74, 6) is 2.53. The van der Waals surface area contributed by atoms with E-state index in [1.807, 2.05) is 28.8 Å². The van der Waals surface area contributed by atoms with Gasteiger partial charge in [0, 0.05) is 24.9 Å². The van der Waals surface area contributed by atoms with Crippen LogP contribution in [0, 0.1) is 0 Å². The van der Waals surface area contributed by atoms with E-state index in [1.54, 1.807) is 26.4 Å². The van der Waals surface area contributed by atoms with E-state index >= 15 is 0 Å². The number of ether oxygens (including phenoxy) is 1. The van der Waals surface area contributed by atoms with Crippen molar-refractivity contribution in [3.8, 4) is 22.8 Å². The van der Waals surface area contributed by atoms with Gasteiger partial charge >= 0.3 is 0 Å². The Labute approximate surface area is 149 Å². The molecule has 2 aromatic heterocycles. The van der Waals surface area contributed by atoms with Gasteiger partial charge in [0.2, 0.25) is 5.56 Å². The second-order valence-electron chi connectivity index (χ2n) is 5.91. The summed E-state index contributed by atoms with van der Waals surface area (Å²) < 4.78 is 8.79. The van der Waals surface area contributed by atoms with Crippen LogP contribution in [0.3, 0.4) is 0 Å². The number of methoxy groups -OCH3 is 1. The number of aromatic nitrogens is 3. The summed E-state index contributed by atoms with van der Waals surface area (Å²) in [5, 5.41) is 3.23. The van der Waals surface area contributed by atoms with Crippen molar-refractivity contribution in [2.45, 2.75) is 0 Å². The van der Waals surface area contributed by atoms with Crippen LogP contribution < -0.4 is 21.3 Å². The highest BCUT2D eigenvalue weighted by Gasteiger charge is 2.24. The van der Waals surface area contributed by atoms with Crippen molar-refractivity contribution in [2.75, 3.05) is 19.1 Å². The maximum Gasteiger partial charge on any atom is 0.250 e. The highest BCUT2D eigenvalue weighted by molar-refractivity contribution is 6.02. The number of nitrogens with zero attached hydrogens (tertiary/aromatic N) is 4. The van der Waals surface area contributed by atoms with Gasteiger partial charge in [-0.1, -0.05) is 12.1 Å². The Kier molecular flexibility index (Phi) is 3.72. The van der Waals surface area contributed by atoms with Gasteiger partial charge in [0.15, 0.2) is 0 Å². The highest BCUT2D eigenvalue weighted by Crippen LogP contribution is 2.32. The Morgan fingerprint density at radius 1 is 1.27 bits per heavy atom. The van der Waals surface area contributed by atoms with Crippen LogP contribution in [0.2, 0.25) is 0 Å². The van der Waals surface area contributed by atoms with E-state index in [-0.39, 0.29) is 5.56 Å². The highest BCUT2D eigenvalue weighted by atomic mass is 16.5. The molecule has 4 rings (SSSR count).